The van der Waals surface area contributed by atoms with E-state index >= 15 is 0 Å². The maximum atomic E-state index is 13.1. The third-order valence-electron chi connectivity index (χ3n) is 5.90. The molecule has 2 aromatic carbocycles. The molecule has 152 valence electrons. The summed E-state index contributed by atoms with van der Waals surface area (Å²) in [7, 11) is 1.53. The average molecular weight is 453 g/mol. The van der Waals surface area contributed by atoms with Crippen LogP contribution in [0, 0.1) is 23.2 Å². The van der Waals surface area contributed by atoms with Crippen LogP contribution in [0.2, 0.25) is 5.32 Å². The Morgan fingerprint density at radius 1 is 1.03 bits per heavy atom. The van der Waals surface area contributed by atoms with E-state index in [0.717, 1.165) is 30.1 Å². The molecule has 0 amide bonds. The number of carbonyl (C=O) groups excluding carboxylic acids is 1. The van der Waals surface area contributed by atoms with Gasteiger partial charge in [-0.05, 0) is 0 Å². The summed E-state index contributed by atoms with van der Waals surface area (Å²) >= 11 is 0.358. The second kappa shape index (κ2) is 11.2. The van der Waals surface area contributed by atoms with Crippen molar-refractivity contribution < 1.29 is 9.53 Å². The molecule has 2 atom stereocenters. The van der Waals surface area contributed by atoms with E-state index < -0.39 is 5.41 Å². The number of ether oxygens (including phenoxy) is 1. The Morgan fingerprint density at radius 2 is 1.72 bits per heavy atom. The van der Waals surface area contributed by atoms with Crippen molar-refractivity contribution in [1.29, 1.82) is 0 Å². The molecule has 0 N–H and O–H groups in total. The van der Waals surface area contributed by atoms with Crippen molar-refractivity contribution in [2.24, 2.45) is 11.3 Å². The van der Waals surface area contributed by atoms with Crippen molar-refractivity contribution in [2.45, 2.75) is 50.3 Å². The Morgan fingerprint density at radius 3 is 2.45 bits per heavy atom. The Labute approximate surface area is 181 Å². The molecule has 1 fully saturated rings. The number of benzene rings is 2. The normalized spacial score (nSPS) is 21.9. The number of hydrogen-bond acceptors (Lipinski definition) is 2. The first kappa shape index (κ1) is 21.7. The number of carbonyl (C=O) groups is 1. The second-order valence-corrected chi connectivity index (χ2v) is 10.1. The summed E-state index contributed by atoms with van der Waals surface area (Å²) in [6.07, 6.45) is 7.31. The van der Waals surface area contributed by atoms with Crippen LogP contribution < -0.4 is 4.46 Å². The molecule has 0 radical (unpaired) electrons. The van der Waals surface area contributed by atoms with Crippen LogP contribution in [-0.4, -0.2) is 28.0 Å². The van der Waals surface area contributed by atoms with Gasteiger partial charge >= 0.3 is 182 Å². The Kier molecular flexibility index (Phi) is 8.41. The molecule has 2 nitrogen and oxygen atoms in total. The average Bonchev–Trinajstić information content (AvgIpc) is 2.76. The first-order valence-electron chi connectivity index (χ1n) is 10.5. The molecule has 29 heavy (non-hydrogen) atoms. The zero-order valence-electron chi connectivity index (χ0n) is 17.2. The van der Waals surface area contributed by atoms with E-state index in [1.807, 2.05) is 30.3 Å². The molecule has 0 unspecified atom stereocenters. The summed E-state index contributed by atoms with van der Waals surface area (Å²) in [4.78, 5) is 13.1. The van der Waals surface area contributed by atoms with Crippen molar-refractivity contribution in [3.8, 4) is 11.8 Å². The quantitative estimate of drug-likeness (QED) is 0.362. The number of methoxy groups -OCH3 is 1. The van der Waals surface area contributed by atoms with Crippen LogP contribution in [-0.2, 0) is 9.53 Å². The topological polar surface area (TPSA) is 26.3 Å². The summed E-state index contributed by atoms with van der Waals surface area (Å²) in [5.74, 6) is 6.91. The van der Waals surface area contributed by atoms with E-state index in [9.17, 15) is 4.79 Å². The van der Waals surface area contributed by atoms with Crippen molar-refractivity contribution >= 4 is 25.4 Å². The van der Waals surface area contributed by atoms with Crippen LogP contribution in [0.4, 0.5) is 0 Å². The van der Waals surface area contributed by atoms with Gasteiger partial charge in [-0.1, -0.05) is 0 Å². The fraction of sp³-hybridized carbons (Fsp3) is 0.423. The number of esters is 1. The number of rotatable bonds is 5. The predicted molar refractivity (Wildman–Crippen MR) is 120 cm³/mol. The van der Waals surface area contributed by atoms with Gasteiger partial charge in [0, 0.05) is 0 Å². The molecule has 3 heteroatoms. The molecule has 0 aromatic heterocycles. The Hall–Kier alpha value is -2.01. The molecule has 1 aliphatic rings. The van der Waals surface area contributed by atoms with E-state index in [0.29, 0.717) is 27.3 Å². The fourth-order valence-electron chi connectivity index (χ4n) is 4.22. The minimum atomic E-state index is -0.479. The zero-order chi connectivity index (χ0) is 20.4. The van der Waals surface area contributed by atoms with E-state index in [2.05, 4.69) is 42.2 Å². The Balaban J connectivity index is 1.84. The van der Waals surface area contributed by atoms with Gasteiger partial charge in [0.25, 0.3) is 0 Å². The van der Waals surface area contributed by atoms with Crippen molar-refractivity contribution in [2.75, 3.05) is 7.11 Å². The van der Waals surface area contributed by atoms with Crippen molar-refractivity contribution in [1.82, 2.24) is 0 Å². The van der Waals surface area contributed by atoms with E-state index in [4.69, 9.17) is 4.74 Å². The second-order valence-electron chi connectivity index (χ2n) is 7.77. The molecule has 3 rings (SSSR count). The fourth-order valence-corrected chi connectivity index (χ4v) is 6.80. The molecule has 2 aromatic rings. The summed E-state index contributed by atoms with van der Waals surface area (Å²) < 4.78 is 6.77. The van der Waals surface area contributed by atoms with Crippen LogP contribution >= 0.6 is 0 Å². The SMILES string of the molecule is COC(=O)[C@]1(CC#Cc2ccccc2)CCCCCC[C@@H]1C[Se]c1ccccc1. The summed E-state index contributed by atoms with van der Waals surface area (Å²) in [5, 5.41) is 1.07. The first-order valence-corrected chi connectivity index (χ1v) is 12.6. The number of hydrogen-bond donors (Lipinski definition) is 0. The molecule has 0 saturated heterocycles. The van der Waals surface area contributed by atoms with Gasteiger partial charge < -0.3 is 0 Å². The molecule has 0 aliphatic heterocycles. The van der Waals surface area contributed by atoms with Crippen molar-refractivity contribution in [3.63, 3.8) is 0 Å². The predicted octanol–water partition coefficient (Wildman–Crippen LogP) is 5.01. The third-order valence-corrected chi connectivity index (χ3v) is 8.37. The molecular formula is C26H30O2Se. The van der Waals surface area contributed by atoms with Crippen molar-refractivity contribution in [3.05, 3.63) is 66.2 Å². The molecular weight excluding hydrogens is 423 g/mol. The zero-order valence-corrected chi connectivity index (χ0v) is 18.9. The van der Waals surface area contributed by atoms with E-state index in [1.165, 1.54) is 30.8 Å². The van der Waals surface area contributed by atoms with Crippen LogP contribution in [0.1, 0.15) is 50.5 Å². The minimum absolute atomic E-state index is 0.0596. The molecule has 1 saturated carbocycles. The van der Waals surface area contributed by atoms with Gasteiger partial charge in [0.2, 0.25) is 0 Å². The molecule has 0 heterocycles. The van der Waals surface area contributed by atoms with Crippen LogP contribution in [0.15, 0.2) is 60.7 Å². The molecule has 0 bridgehead atoms. The van der Waals surface area contributed by atoms with Crippen LogP contribution in [0.5, 0.6) is 0 Å². The van der Waals surface area contributed by atoms with E-state index in [1.54, 1.807) is 0 Å². The molecule has 1 aliphatic carbocycles. The monoisotopic (exact) mass is 454 g/mol. The summed E-state index contributed by atoms with van der Waals surface area (Å²) in [6, 6.07) is 20.7. The van der Waals surface area contributed by atoms with Gasteiger partial charge in [0.05, 0.1) is 0 Å². The third kappa shape index (κ3) is 5.99. The standard InChI is InChI=1S/C26H30O2Se/c1-28-25(27)26(20-12-15-22-13-6-4-7-14-22)19-11-3-2-8-16-23(26)21-29-24-17-9-5-10-18-24/h4-7,9-10,13-14,17-18,23H,2-3,8,11,16,19-21H2,1H3/t23-,26+/m1/s1. The Bertz CT molecular complexity index is 822. The van der Waals surface area contributed by atoms with Gasteiger partial charge in [-0.2, -0.15) is 0 Å². The van der Waals surface area contributed by atoms with Crippen LogP contribution in [0.25, 0.3) is 0 Å². The summed E-state index contributed by atoms with van der Waals surface area (Å²) in [5.41, 5.74) is 0.524. The van der Waals surface area contributed by atoms with Gasteiger partial charge in [0.1, 0.15) is 0 Å². The van der Waals surface area contributed by atoms with E-state index in [-0.39, 0.29) is 5.97 Å². The molecule has 0 spiro atoms. The van der Waals surface area contributed by atoms with Gasteiger partial charge in [-0.15, -0.1) is 0 Å². The van der Waals surface area contributed by atoms with Gasteiger partial charge in [0.15, 0.2) is 0 Å². The van der Waals surface area contributed by atoms with Gasteiger partial charge in [-0.25, -0.2) is 0 Å². The van der Waals surface area contributed by atoms with Gasteiger partial charge in [-0.3, -0.25) is 0 Å². The maximum absolute atomic E-state index is 13.1. The summed E-state index contributed by atoms with van der Waals surface area (Å²) in [6.45, 7) is 0. The first-order chi connectivity index (χ1) is 14.2. The van der Waals surface area contributed by atoms with Crippen LogP contribution in [0.3, 0.4) is 0 Å².